The second kappa shape index (κ2) is 12.6. The molecule has 0 heterocycles. The lowest BCUT2D eigenvalue weighted by molar-refractivity contribution is -0.134. The SMILES string of the molecule is C=CC(=O)O.CC(=O)O.CC(CO)(CO)CO. The van der Waals surface area contributed by atoms with E-state index in [2.05, 4.69) is 6.58 Å². The lowest BCUT2D eigenvalue weighted by atomic mass is 9.95. The largest absolute Gasteiger partial charge is 0.481 e. The molecule has 0 atom stereocenters. The minimum atomic E-state index is -0.981. The molecule has 0 aliphatic carbocycles. The van der Waals surface area contributed by atoms with Crippen LogP contribution < -0.4 is 0 Å². The molecule has 0 radical (unpaired) electrons. The van der Waals surface area contributed by atoms with Crippen LogP contribution in [0.5, 0.6) is 0 Å². The van der Waals surface area contributed by atoms with Crippen LogP contribution in [0.1, 0.15) is 13.8 Å². The number of carboxylic acid groups (broad SMARTS) is 2. The molecule has 0 fully saturated rings. The fraction of sp³-hybridized carbons (Fsp3) is 0.600. The highest BCUT2D eigenvalue weighted by molar-refractivity contribution is 5.78. The van der Waals surface area contributed by atoms with Gasteiger partial charge < -0.3 is 25.5 Å². The van der Waals surface area contributed by atoms with Crippen molar-refractivity contribution in [2.45, 2.75) is 13.8 Å². The number of aliphatic carboxylic acids is 2. The molecule has 0 aliphatic heterocycles. The zero-order valence-corrected chi connectivity index (χ0v) is 9.96. The molecule has 0 saturated carbocycles. The van der Waals surface area contributed by atoms with Gasteiger partial charge in [0.2, 0.25) is 0 Å². The Hall–Kier alpha value is -1.44. The van der Waals surface area contributed by atoms with E-state index in [-0.39, 0.29) is 19.8 Å². The zero-order chi connectivity index (χ0) is 14.5. The minimum absolute atomic E-state index is 0.181. The highest BCUT2D eigenvalue weighted by Gasteiger charge is 2.20. The molecule has 5 N–H and O–H groups in total. The first-order valence-corrected chi connectivity index (χ1v) is 4.56. The molecule has 0 unspecified atom stereocenters. The Bertz CT molecular complexity index is 208. The fourth-order valence-electron chi connectivity index (χ4n) is 0.150. The Morgan fingerprint density at radius 2 is 1.29 bits per heavy atom. The average Bonchev–Trinajstić information content (AvgIpc) is 2.28. The van der Waals surface area contributed by atoms with Crippen LogP contribution in [0.4, 0.5) is 0 Å². The van der Waals surface area contributed by atoms with Crippen molar-refractivity contribution < 1.29 is 35.1 Å². The first-order valence-electron chi connectivity index (χ1n) is 4.56. The maximum absolute atomic E-state index is 9.25. The maximum Gasteiger partial charge on any atom is 0.327 e. The zero-order valence-electron chi connectivity index (χ0n) is 9.96. The summed E-state index contributed by atoms with van der Waals surface area (Å²) in [6.07, 6.45) is 0.833. The van der Waals surface area contributed by atoms with Crippen LogP contribution in [0, 0.1) is 5.41 Å². The molecule has 0 amide bonds. The highest BCUT2D eigenvalue weighted by Crippen LogP contribution is 2.10. The summed E-state index contributed by atoms with van der Waals surface area (Å²) >= 11 is 0. The van der Waals surface area contributed by atoms with Gasteiger partial charge in [-0.05, 0) is 0 Å². The molecule has 0 rings (SSSR count). The summed E-state index contributed by atoms with van der Waals surface area (Å²) in [5, 5.41) is 40.4. The van der Waals surface area contributed by atoms with Crippen LogP contribution in [0.25, 0.3) is 0 Å². The van der Waals surface area contributed by atoms with Gasteiger partial charge in [-0.15, -0.1) is 0 Å². The molecule has 102 valence electrons. The van der Waals surface area contributed by atoms with Gasteiger partial charge in [0.25, 0.3) is 5.97 Å². The van der Waals surface area contributed by atoms with E-state index in [1.54, 1.807) is 6.92 Å². The van der Waals surface area contributed by atoms with Gasteiger partial charge >= 0.3 is 5.97 Å². The molecular weight excluding hydrogens is 232 g/mol. The van der Waals surface area contributed by atoms with Gasteiger partial charge in [-0.1, -0.05) is 13.5 Å². The first kappa shape index (κ1) is 20.9. The number of rotatable bonds is 4. The summed E-state index contributed by atoms with van der Waals surface area (Å²) < 4.78 is 0. The van der Waals surface area contributed by atoms with E-state index in [9.17, 15) is 4.79 Å². The third-order valence-corrected chi connectivity index (χ3v) is 1.32. The van der Waals surface area contributed by atoms with Gasteiger partial charge in [0.05, 0.1) is 19.8 Å². The van der Waals surface area contributed by atoms with Crippen molar-refractivity contribution in [3.8, 4) is 0 Å². The monoisotopic (exact) mass is 252 g/mol. The summed E-state index contributed by atoms with van der Waals surface area (Å²) in [5.74, 6) is -1.81. The summed E-state index contributed by atoms with van der Waals surface area (Å²) in [5.41, 5.74) is -0.708. The van der Waals surface area contributed by atoms with Gasteiger partial charge in [0, 0.05) is 18.4 Å². The number of aliphatic hydroxyl groups is 3. The van der Waals surface area contributed by atoms with Crippen molar-refractivity contribution in [3.05, 3.63) is 12.7 Å². The van der Waals surface area contributed by atoms with Crippen molar-refractivity contribution in [2.75, 3.05) is 19.8 Å². The molecular formula is C10H20O7. The van der Waals surface area contributed by atoms with Crippen molar-refractivity contribution >= 4 is 11.9 Å². The average molecular weight is 252 g/mol. The standard InChI is InChI=1S/C5H12O3.C3H4O2.C2H4O2/c1-5(2-6,3-7)4-8;1-2-3(4)5;1-2(3)4/h6-8H,2-4H2,1H3;2H,1H2,(H,4,5);1H3,(H,3,4). The molecule has 0 bridgehead atoms. The van der Waals surface area contributed by atoms with Crippen LogP contribution in [0.3, 0.4) is 0 Å². The predicted octanol–water partition coefficient (Wildman–Crippen LogP) is -0.682. The van der Waals surface area contributed by atoms with Gasteiger partial charge in [-0.25, -0.2) is 4.79 Å². The predicted molar refractivity (Wildman–Crippen MR) is 60.5 cm³/mol. The lowest BCUT2D eigenvalue weighted by Crippen LogP contribution is -2.29. The summed E-state index contributed by atoms with van der Waals surface area (Å²) in [4.78, 5) is 18.2. The van der Waals surface area contributed by atoms with Crippen molar-refractivity contribution in [2.24, 2.45) is 5.41 Å². The quantitative estimate of drug-likeness (QED) is 0.418. The summed E-state index contributed by atoms with van der Waals surface area (Å²) in [6.45, 7) is 5.11. The van der Waals surface area contributed by atoms with Crippen LogP contribution in [-0.4, -0.2) is 57.3 Å². The van der Waals surface area contributed by atoms with Gasteiger partial charge in [0.1, 0.15) is 0 Å². The third-order valence-electron chi connectivity index (χ3n) is 1.32. The summed E-state index contributed by atoms with van der Waals surface area (Å²) in [6, 6.07) is 0. The molecule has 0 aromatic heterocycles. The molecule has 0 saturated heterocycles. The molecule has 0 aromatic carbocycles. The van der Waals surface area contributed by atoms with E-state index < -0.39 is 17.4 Å². The number of hydrogen-bond donors (Lipinski definition) is 5. The topological polar surface area (TPSA) is 135 Å². The van der Waals surface area contributed by atoms with Crippen LogP contribution in [-0.2, 0) is 9.59 Å². The maximum atomic E-state index is 9.25. The van der Waals surface area contributed by atoms with E-state index in [0.717, 1.165) is 13.0 Å². The molecule has 7 heteroatoms. The van der Waals surface area contributed by atoms with E-state index in [1.165, 1.54) is 0 Å². The van der Waals surface area contributed by atoms with E-state index in [0.29, 0.717) is 0 Å². The Labute approximate surface area is 99.6 Å². The molecule has 0 spiro atoms. The van der Waals surface area contributed by atoms with Gasteiger partial charge in [0.15, 0.2) is 0 Å². The van der Waals surface area contributed by atoms with Crippen molar-refractivity contribution in [1.82, 2.24) is 0 Å². The Morgan fingerprint density at radius 1 is 1.12 bits per heavy atom. The van der Waals surface area contributed by atoms with E-state index in [4.69, 9.17) is 30.3 Å². The Morgan fingerprint density at radius 3 is 1.29 bits per heavy atom. The number of carboxylic acids is 2. The highest BCUT2D eigenvalue weighted by atomic mass is 16.4. The third kappa shape index (κ3) is 25.1. The molecule has 17 heavy (non-hydrogen) atoms. The number of hydrogen-bond acceptors (Lipinski definition) is 5. The second-order valence-corrected chi connectivity index (χ2v) is 3.35. The van der Waals surface area contributed by atoms with Crippen LogP contribution in [0.15, 0.2) is 12.7 Å². The van der Waals surface area contributed by atoms with Crippen LogP contribution in [0.2, 0.25) is 0 Å². The first-order chi connectivity index (χ1) is 7.68. The Kier molecular flexibility index (Phi) is 15.5. The van der Waals surface area contributed by atoms with E-state index >= 15 is 0 Å². The van der Waals surface area contributed by atoms with Crippen LogP contribution >= 0.6 is 0 Å². The van der Waals surface area contributed by atoms with Crippen molar-refractivity contribution in [3.63, 3.8) is 0 Å². The molecule has 0 aromatic rings. The number of carbonyl (C=O) groups is 2. The summed E-state index contributed by atoms with van der Waals surface area (Å²) in [7, 11) is 0. The van der Waals surface area contributed by atoms with E-state index in [1.807, 2.05) is 0 Å². The Balaban J connectivity index is -0.000000188. The number of aliphatic hydroxyl groups excluding tert-OH is 3. The molecule has 0 aliphatic rings. The fourth-order valence-corrected chi connectivity index (χ4v) is 0.150. The smallest absolute Gasteiger partial charge is 0.327 e. The minimum Gasteiger partial charge on any atom is -0.481 e. The van der Waals surface area contributed by atoms with Gasteiger partial charge in [-0.3, -0.25) is 4.79 Å². The lowest BCUT2D eigenvalue weighted by Gasteiger charge is -2.20. The van der Waals surface area contributed by atoms with Crippen molar-refractivity contribution in [1.29, 1.82) is 0 Å². The molecule has 7 nitrogen and oxygen atoms in total. The van der Waals surface area contributed by atoms with Gasteiger partial charge in [-0.2, -0.15) is 0 Å². The second-order valence-electron chi connectivity index (χ2n) is 3.35. The normalized spacial score (nSPS) is 9.00.